The summed E-state index contributed by atoms with van der Waals surface area (Å²) >= 11 is 0. The summed E-state index contributed by atoms with van der Waals surface area (Å²) in [7, 11) is 0. The molecule has 0 aromatic heterocycles. The van der Waals surface area contributed by atoms with Crippen LogP contribution in [0.1, 0.15) is 129 Å². The highest BCUT2D eigenvalue weighted by molar-refractivity contribution is 5.88. The number of hydrogen-bond donors (Lipinski definition) is 3. The van der Waals surface area contributed by atoms with Crippen molar-refractivity contribution in [2.24, 2.45) is 5.92 Å². The Hall–Kier alpha value is -1.63. The van der Waals surface area contributed by atoms with Gasteiger partial charge in [0, 0.05) is 0 Å². The van der Waals surface area contributed by atoms with Crippen LogP contribution < -0.4 is 0 Å². The highest BCUT2D eigenvalue weighted by atomic mass is 16.5. The third-order valence-electron chi connectivity index (χ3n) is 6.19. The first-order valence-corrected chi connectivity index (χ1v) is 13.1. The van der Waals surface area contributed by atoms with E-state index in [1.807, 2.05) is 0 Å². The molecule has 7 nitrogen and oxygen atoms in total. The zero-order chi connectivity index (χ0) is 25.0. The summed E-state index contributed by atoms with van der Waals surface area (Å²) in [6, 6.07) is 0. The number of carbonyl (C=O) groups is 3. The Morgan fingerprint density at radius 2 is 1.12 bits per heavy atom. The van der Waals surface area contributed by atoms with Crippen molar-refractivity contribution in [3.8, 4) is 0 Å². The molecule has 33 heavy (non-hydrogen) atoms. The van der Waals surface area contributed by atoms with E-state index in [9.17, 15) is 19.5 Å². The molecule has 0 bridgehead atoms. The van der Waals surface area contributed by atoms with Crippen LogP contribution in [0.4, 0.5) is 0 Å². The third-order valence-corrected chi connectivity index (χ3v) is 6.19. The third kappa shape index (κ3) is 17.5. The average molecular weight is 473 g/mol. The first-order chi connectivity index (χ1) is 15.7. The molecular formula is C26H48O7. The average Bonchev–Trinajstić information content (AvgIpc) is 2.74. The molecule has 7 heteroatoms. The Bertz CT molecular complexity index is 535. The number of carbonyl (C=O) groups excluding carboxylic acids is 1. The molecule has 0 aliphatic heterocycles. The number of carboxylic acids is 2. The molecule has 0 aromatic rings. The lowest BCUT2D eigenvalue weighted by Gasteiger charge is -2.22. The van der Waals surface area contributed by atoms with Crippen molar-refractivity contribution in [3.05, 3.63) is 0 Å². The maximum Gasteiger partial charge on any atom is 0.336 e. The molecule has 2 atom stereocenters. The number of esters is 1. The molecular weight excluding hydrogens is 424 g/mol. The topological polar surface area (TPSA) is 121 Å². The molecule has 0 heterocycles. The fourth-order valence-electron chi connectivity index (χ4n) is 4.06. The minimum absolute atomic E-state index is 0.188. The molecule has 0 aliphatic rings. The van der Waals surface area contributed by atoms with Crippen LogP contribution in [-0.2, 0) is 19.1 Å². The van der Waals surface area contributed by atoms with E-state index < -0.39 is 36.4 Å². The van der Waals surface area contributed by atoms with E-state index in [0.29, 0.717) is 0 Å². The molecule has 0 rings (SSSR count). The number of aliphatic hydroxyl groups is 1. The normalized spacial score (nSPS) is 13.9. The Labute approximate surface area is 200 Å². The van der Waals surface area contributed by atoms with E-state index in [4.69, 9.17) is 14.9 Å². The van der Waals surface area contributed by atoms with Gasteiger partial charge in [0.05, 0.1) is 19.4 Å². The molecule has 0 aliphatic carbocycles. The minimum Gasteiger partial charge on any atom is -0.481 e. The second-order valence-electron chi connectivity index (χ2n) is 9.45. The van der Waals surface area contributed by atoms with Crippen molar-refractivity contribution in [2.75, 3.05) is 6.61 Å². The molecule has 0 saturated heterocycles. The van der Waals surface area contributed by atoms with E-state index >= 15 is 0 Å². The summed E-state index contributed by atoms with van der Waals surface area (Å²) < 4.78 is 5.29. The summed E-state index contributed by atoms with van der Waals surface area (Å²) in [5.41, 5.74) is -2.64. The molecule has 0 spiro atoms. The Morgan fingerprint density at radius 3 is 1.52 bits per heavy atom. The van der Waals surface area contributed by atoms with Gasteiger partial charge in [-0.1, -0.05) is 104 Å². The second-order valence-corrected chi connectivity index (χ2v) is 9.45. The summed E-state index contributed by atoms with van der Waals surface area (Å²) in [6.07, 6.45) is 17.0. The van der Waals surface area contributed by atoms with Crippen LogP contribution in [0.25, 0.3) is 0 Å². The van der Waals surface area contributed by atoms with Gasteiger partial charge >= 0.3 is 17.9 Å². The van der Waals surface area contributed by atoms with Crippen LogP contribution in [0.3, 0.4) is 0 Å². The first-order valence-electron chi connectivity index (χ1n) is 13.1. The van der Waals surface area contributed by atoms with Gasteiger partial charge < -0.3 is 20.1 Å². The van der Waals surface area contributed by atoms with Crippen molar-refractivity contribution in [1.82, 2.24) is 0 Å². The zero-order valence-electron chi connectivity index (χ0n) is 21.0. The number of aliphatic carboxylic acids is 2. The van der Waals surface area contributed by atoms with Gasteiger partial charge in [-0.2, -0.15) is 0 Å². The highest BCUT2D eigenvalue weighted by Crippen LogP contribution is 2.22. The van der Waals surface area contributed by atoms with E-state index in [2.05, 4.69) is 13.8 Å². The van der Waals surface area contributed by atoms with Crippen molar-refractivity contribution in [3.63, 3.8) is 0 Å². The van der Waals surface area contributed by atoms with Gasteiger partial charge in [0.2, 0.25) is 0 Å². The van der Waals surface area contributed by atoms with Crippen molar-refractivity contribution < 1.29 is 34.4 Å². The number of carboxylic acid groups (broad SMARTS) is 2. The van der Waals surface area contributed by atoms with E-state index in [-0.39, 0.29) is 12.5 Å². The number of rotatable bonds is 23. The number of hydrogen-bond acceptors (Lipinski definition) is 5. The van der Waals surface area contributed by atoms with E-state index in [0.717, 1.165) is 38.5 Å². The molecule has 0 fully saturated rings. The lowest BCUT2D eigenvalue weighted by molar-refractivity contribution is -0.172. The fourth-order valence-corrected chi connectivity index (χ4v) is 4.06. The highest BCUT2D eigenvalue weighted by Gasteiger charge is 2.41. The minimum atomic E-state index is -2.64. The predicted molar refractivity (Wildman–Crippen MR) is 129 cm³/mol. The van der Waals surface area contributed by atoms with Gasteiger partial charge in [-0.3, -0.25) is 9.59 Å². The van der Waals surface area contributed by atoms with Crippen LogP contribution in [0.2, 0.25) is 0 Å². The molecule has 0 aromatic carbocycles. The summed E-state index contributed by atoms with van der Waals surface area (Å²) in [5.74, 6) is -3.88. The van der Waals surface area contributed by atoms with Gasteiger partial charge in [0.25, 0.3) is 0 Å². The summed E-state index contributed by atoms with van der Waals surface area (Å²) in [6.45, 7) is 4.59. The Morgan fingerprint density at radius 1 is 0.697 bits per heavy atom. The van der Waals surface area contributed by atoms with Crippen LogP contribution in [0, 0.1) is 5.92 Å². The number of ether oxygens (including phenoxy) is 1. The van der Waals surface area contributed by atoms with Crippen molar-refractivity contribution in [2.45, 2.75) is 135 Å². The molecule has 194 valence electrons. The SMILES string of the molecule is CCCCCCCCCCC(CCCCCCCC)COC(=O)CC(O)(CC(=O)O)C(=O)O. The van der Waals surface area contributed by atoms with Gasteiger partial charge in [-0.25, -0.2) is 4.79 Å². The van der Waals surface area contributed by atoms with Gasteiger partial charge in [0.15, 0.2) is 5.60 Å². The lowest BCUT2D eigenvalue weighted by Crippen LogP contribution is -2.43. The van der Waals surface area contributed by atoms with Crippen molar-refractivity contribution >= 4 is 17.9 Å². The van der Waals surface area contributed by atoms with Gasteiger partial charge in [-0.15, -0.1) is 0 Å². The second kappa shape index (κ2) is 19.8. The van der Waals surface area contributed by atoms with Crippen molar-refractivity contribution in [1.29, 1.82) is 0 Å². The molecule has 3 N–H and O–H groups in total. The summed E-state index contributed by atoms with van der Waals surface area (Å²) in [5, 5.41) is 28.0. The molecule has 0 amide bonds. The summed E-state index contributed by atoms with van der Waals surface area (Å²) in [4.78, 5) is 34.3. The maximum absolute atomic E-state index is 12.2. The molecule has 0 radical (unpaired) electrons. The lowest BCUT2D eigenvalue weighted by atomic mass is 9.94. The fraction of sp³-hybridized carbons (Fsp3) is 0.885. The smallest absolute Gasteiger partial charge is 0.336 e. The predicted octanol–water partition coefficient (Wildman–Crippen LogP) is 6.11. The van der Waals surface area contributed by atoms with Crippen LogP contribution in [0.5, 0.6) is 0 Å². The molecule has 0 saturated carbocycles. The van der Waals surface area contributed by atoms with E-state index in [1.54, 1.807) is 0 Å². The van der Waals surface area contributed by atoms with Crippen LogP contribution in [-0.4, -0.2) is 45.4 Å². The van der Waals surface area contributed by atoms with Crippen LogP contribution in [0.15, 0.2) is 0 Å². The van der Waals surface area contributed by atoms with Gasteiger partial charge in [-0.05, 0) is 18.8 Å². The first kappa shape index (κ1) is 31.4. The maximum atomic E-state index is 12.2. The standard InChI is InChI=1S/C26H48O7/c1-3-5-7-9-11-12-14-16-18-22(17-15-13-10-8-6-4-2)21-33-24(29)20-26(32,25(30)31)19-23(27)28/h22,32H,3-21H2,1-2H3,(H,27,28)(H,30,31). The number of unbranched alkanes of at least 4 members (excludes halogenated alkanes) is 12. The molecule has 2 unspecified atom stereocenters. The van der Waals surface area contributed by atoms with E-state index in [1.165, 1.54) is 64.2 Å². The zero-order valence-corrected chi connectivity index (χ0v) is 21.0. The van der Waals surface area contributed by atoms with Crippen LogP contribution >= 0.6 is 0 Å². The quantitative estimate of drug-likeness (QED) is 0.121. The largest absolute Gasteiger partial charge is 0.481 e. The monoisotopic (exact) mass is 472 g/mol. The Kier molecular flexibility index (Phi) is 18.8. The van der Waals surface area contributed by atoms with Gasteiger partial charge in [0.1, 0.15) is 0 Å². The Balaban J connectivity index is 4.49.